The summed E-state index contributed by atoms with van der Waals surface area (Å²) in [4.78, 5) is 8.71. The van der Waals surface area contributed by atoms with Gasteiger partial charge in [-0.2, -0.15) is 4.37 Å². The average molecular weight is 292 g/mol. The molecule has 0 bridgehead atoms. The van der Waals surface area contributed by atoms with Gasteiger partial charge < -0.3 is 10.1 Å². The van der Waals surface area contributed by atoms with Crippen molar-refractivity contribution in [2.75, 3.05) is 19.0 Å². The normalized spacial score (nSPS) is 11.0. The summed E-state index contributed by atoms with van der Waals surface area (Å²) in [5.41, 5.74) is 3.83. The molecule has 19 heavy (non-hydrogen) atoms. The van der Waals surface area contributed by atoms with Crippen molar-refractivity contribution in [1.82, 2.24) is 14.3 Å². The summed E-state index contributed by atoms with van der Waals surface area (Å²) in [6, 6.07) is 6.10. The lowest BCUT2D eigenvalue weighted by atomic mass is 10.3. The number of thiazole rings is 1. The van der Waals surface area contributed by atoms with Crippen LogP contribution >= 0.6 is 22.9 Å². The first-order valence-electron chi connectivity index (χ1n) is 5.77. The molecule has 0 aliphatic carbocycles. The average Bonchev–Trinajstić information content (AvgIpc) is 3.05. The van der Waals surface area contributed by atoms with Crippen LogP contribution in [-0.4, -0.2) is 28.1 Å². The third-order valence-electron chi connectivity index (χ3n) is 2.58. The zero-order chi connectivity index (χ0) is 13.1. The van der Waals surface area contributed by atoms with E-state index in [1.807, 2.05) is 17.6 Å². The Bertz CT molecular complexity index is 679. The number of methoxy groups -OCH3 is 1. The van der Waals surface area contributed by atoms with Crippen LogP contribution in [0.5, 0.6) is 0 Å². The molecule has 0 aliphatic rings. The van der Waals surface area contributed by atoms with E-state index in [0.29, 0.717) is 6.61 Å². The maximum Gasteiger partial charge on any atom is 0.207 e. The molecule has 1 aromatic carbocycles. The molecule has 98 valence electrons. The van der Waals surface area contributed by atoms with E-state index in [0.717, 1.165) is 28.6 Å². The summed E-state index contributed by atoms with van der Waals surface area (Å²) in [7, 11) is 1.68. The van der Waals surface area contributed by atoms with Gasteiger partial charge in [-0.15, -0.1) is 11.3 Å². The Labute approximate surface area is 118 Å². The molecule has 3 rings (SSSR count). The number of anilines is 2. The molecule has 2 heterocycles. The molecule has 0 unspecified atom stereocenters. The van der Waals surface area contributed by atoms with Crippen molar-refractivity contribution in [3.05, 3.63) is 29.5 Å². The molecule has 0 saturated heterocycles. The number of aromatic nitrogens is 3. The summed E-state index contributed by atoms with van der Waals surface area (Å²) in [6.07, 6.45) is 0.736. The Morgan fingerprint density at radius 1 is 1.37 bits per heavy atom. The minimum absolute atomic E-state index is 0.640. The van der Waals surface area contributed by atoms with Gasteiger partial charge in [-0.05, 0) is 18.2 Å². The molecular formula is C12H12N4OS2. The molecule has 0 saturated carbocycles. The fourth-order valence-electron chi connectivity index (χ4n) is 1.66. The van der Waals surface area contributed by atoms with Crippen LogP contribution in [0.25, 0.3) is 10.2 Å². The van der Waals surface area contributed by atoms with E-state index in [1.54, 1.807) is 18.4 Å². The van der Waals surface area contributed by atoms with Crippen molar-refractivity contribution in [2.24, 2.45) is 0 Å². The monoisotopic (exact) mass is 292 g/mol. The first-order chi connectivity index (χ1) is 9.35. The molecule has 2 aromatic heterocycles. The third-order valence-corrected chi connectivity index (χ3v) is 4.06. The molecule has 0 fully saturated rings. The number of fused-ring (bicyclic) bond motifs is 1. The van der Waals surface area contributed by atoms with Crippen molar-refractivity contribution in [3.8, 4) is 0 Å². The molecule has 7 heteroatoms. The number of benzene rings is 1. The van der Waals surface area contributed by atoms with E-state index in [2.05, 4.69) is 25.7 Å². The van der Waals surface area contributed by atoms with Gasteiger partial charge in [0.05, 0.1) is 22.3 Å². The van der Waals surface area contributed by atoms with Gasteiger partial charge in [0.25, 0.3) is 0 Å². The molecule has 3 aromatic rings. The lowest BCUT2D eigenvalue weighted by Crippen LogP contribution is -1.96. The van der Waals surface area contributed by atoms with Crippen LogP contribution in [0.3, 0.4) is 0 Å². The number of ether oxygens (including phenoxy) is 1. The van der Waals surface area contributed by atoms with Crippen molar-refractivity contribution in [3.63, 3.8) is 0 Å². The van der Waals surface area contributed by atoms with Gasteiger partial charge in [0.15, 0.2) is 0 Å². The van der Waals surface area contributed by atoms with Gasteiger partial charge >= 0.3 is 0 Å². The second kappa shape index (κ2) is 5.60. The lowest BCUT2D eigenvalue weighted by Gasteiger charge is -2.01. The topological polar surface area (TPSA) is 59.9 Å². The second-order valence-corrected chi connectivity index (χ2v) is 5.56. The zero-order valence-corrected chi connectivity index (χ0v) is 11.9. The highest BCUT2D eigenvalue weighted by Gasteiger charge is 2.05. The smallest absolute Gasteiger partial charge is 0.207 e. The van der Waals surface area contributed by atoms with Crippen molar-refractivity contribution in [2.45, 2.75) is 6.42 Å². The maximum absolute atomic E-state index is 5.01. The van der Waals surface area contributed by atoms with E-state index in [4.69, 9.17) is 4.74 Å². The predicted octanol–water partition coefficient (Wildman–Crippen LogP) is 3.08. The number of nitrogens with zero attached hydrogens (tertiary/aromatic N) is 3. The highest BCUT2D eigenvalue weighted by molar-refractivity contribution is 7.16. The SMILES string of the molecule is COCCc1nsc(Nc2ccc3scnc3c2)n1. The Hall–Kier alpha value is -1.57. The van der Waals surface area contributed by atoms with Gasteiger partial charge in [-0.3, -0.25) is 0 Å². The Morgan fingerprint density at radius 2 is 2.32 bits per heavy atom. The Balaban J connectivity index is 1.74. The summed E-state index contributed by atoms with van der Waals surface area (Å²) in [5.74, 6) is 0.809. The van der Waals surface area contributed by atoms with Crippen molar-refractivity contribution < 1.29 is 4.74 Å². The number of hydrogen-bond donors (Lipinski definition) is 1. The largest absolute Gasteiger partial charge is 0.384 e. The third kappa shape index (κ3) is 2.89. The summed E-state index contributed by atoms with van der Waals surface area (Å²) < 4.78 is 10.5. The number of rotatable bonds is 5. The van der Waals surface area contributed by atoms with Crippen LogP contribution in [0.15, 0.2) is 23.7 Å². The fourth-order valence-corrected chi connectivity index (χ4v) is 2.95. The number of hydrogen-bond acceptors (Lipinski definition) is 7. The first-order valence-corrected chi connectivity index (χ1v) is 7.42. The fraction of sp³-hybridized carbons (Fsp3) is 0.250. The zero-order valence-electron chi connectivity index (χ0n) is 10.3. The van der Waals surface area contributed by atoms with E-state index in [1.165, 1.54) is 16.2 Å². The second-order valence-electron chi connectivity index (χ2n) is 3.92. The molecule has 1 N–H and O–H groups in total. The van der Waals surface area contributed by atoms with Gasteiger partial charge in [0.1, 0.15) is 5.82 Å². The first kappa shape index (κ1) is 12.5. The van der Waals surface area contributed by atoms with E-state index >= 15 is 0 Å². The molecular weight excluding hydrogens is 280 g/mol. The maximum atomic E-state index is 5.01. The summed E-state index contributed by atoms with van der Waals surface area (Å²) in [5, 5.41) is 4.04. The molecule has 0 atom stereocenters. The van der Waals surface area contributed by atoms with Crippen LogP contribution in [0, 0.1) is 0 Å². The van der Waals surface area contributed by atoms with Crippen LogP contribution < -0.4 is 5.32 Å². The highest BCUT2D eigenvalue weighted by atomic mass is 32.1. The summed E-state index contributed by atoms with van der Waals surface area (Å²) >= 11 is 2.99. The quantitative estimate of drug-likeness (QED) is 0.783. The van der Waals surface area contributed by atoms with Gasteiger partial charge in [-0.1, -0.05) is 0 Å². The van der Waals surface area contributed by atoms with E-state index in [-0.39, 0.29) is 0 Å². The van der Waals surface area contributed by atoms with E-state index in [9.17, 15) is 0 Å². The highest BCUT2D eigenvalue weighted by Crippen LogP contribution is 2.24. The molecule has 0 aliphatic heterocycles. The molecule has 5 nitrogen and oxygen atoms in total. The van der Waals surface area contributed by atoms with Gasteiger partial charge in [0.2, 0.25) is 5.13 Å². The lowest BCUT2D eigenvalue weighted by molar-refractivity contribution is 0.201. The standard InChI is InChI=1S/C12H12N4OS2/c1-17-5-4-11-15-12(19-16-11)14-8-2-3-10-9(6-8)13-7-18-10/h2-3,6-7H,4-5H2,1H3,(H,14,15,16). The minimum atomic E-state index is 0.640. The van der Waals surface area contributed by atoms with Crippen LogP contribution in [-0.2, 0) is 11.2 Å². The summed E-state index contributed by atoms with van der Waals surface area (Å²) in [6.45, 7) is 0.640. The van der Waals surface area contributed by atoms with Crippen molar-refractivity contribution >= 4 is 43.9 Å². The number of nitrogens with one attached hydrogen (secondary N) is 1. The Kier molecular flexibility index (Phi) is 3.67. The molecule has 0 spiro atoms. The Morgan fingerprint density at radius 3 is 3.21 bits per heavy atom. The minimum Gasteiger partial charge on any atom is -0.384 e. The van der Waals surface area contributed by atoms with Crippen LogP contribution in [0.1, 0.15) is 5.82 Å². The van der Waals surface area contributed by atoms with Crippen LogP contribution in [0.4, 0.5) is 10.8 Å². The molecule has 0 amide bonds. The van der Waals surface area contributed by atoms with Crippen LogP contribution in [0.2, 0.25) is 0 Å². The predicted molar refractivity (Wildman–Crippen MR) is 78.4 cm³/mol. The van der Waals surface area contributed by atoms with Crippen molar-refractivity contribution in [1.29, 1.82) is 0 Å². The molecule has 0 radical (unpaired) electrons. The van der Waals surface area contributed by atoms with Gasteiger partial charge in [-0.25, -0.2) is 9.97 Å². The van der Waals surface area contributed by atoms with Gasteiger partial charge in [0, 0.05) is 30.8 Å². The van der Waals surface area contributed by atoms with E-state index < -0.39 is 0 Å².